The maximum Gasteiger partial charge on any atom is 0.338 e. The zero-order valence-corrected chi connectivity index (χ0v) is 16.5. The molecule has 1 aliphatic carbocycles. The van der Waals surface area contributed by atoms with Crippen LogP contribution >= 0.6 is 0 Å². The summed E-state index contributed by atoms with van der Waals surface area (Å²) < 4.78 is 0. The molecule has 2 saturated heterocycles. The van der Waals surface area contributed by atoms with Crippen molar-refractivity contribution in [3.05, 3.63) is 30.3 Å². The molecule has 1 aromatic carbocycles. The van der Waals surface area contributed by atoms with Gasteiger partial charge in [-0.15, -0.1) is 0 Å². The van der Waals surface area contributed by atoms with Crippen molar-refractivity contribution in [1.29, 1.82) is 0 Å². The summed E-state index contributed by atoms with van der Waals surface area (Å²) in [6.07, 6.45) is 3.94. The minimum Gasteiger partial charge on any atom is -0.360 e. The van der Waals surface area contributed by atoms with Crippen molar-refractivity contribution in [3.8, 4) is 0 Å². The van der Waals surface area contributed by atoms with Gasteiger partial charge in [0, 0.05) is 11.7 Å². The van der Waals surface area contributed by atoms with Crippen molar-refractivity contribution in [2.24, 2.45) is 5.92 Å². The van der Waals surface area contributed by atoms with Crippen LogP contribution < -0.4 is 9.80 Å². The van der Waals surface area contributed by atoms with E-state index in [4.69, 9.17) is 0 Å². The molecule has 7 heteroatoms. The van der Waals surface area contributed by atoms with Gasteiger partial charge in [0.15, 0.2) is 6.67 Å². The lowest BCUT2D eigenvalue weighted by Gasteiger charge is -2.35. The number of benzene rings is 1. The first kappa shape index (κ1) is 18.9. The van der Waals surface area contributed by atoms with Gasteiger partial charge in [-0.1, -0.05) is 38.0 Å². The van der Waals surface area contributed by atoms with Gasteiger partial charge in [0.2, 0.25) is 0 Å². The first-order valence-electron chi connectivity index (χ1n) is 10.4. The van der Waals surface area contributed by atoms with E-state index in [-0.39, 0.29) is 18.6 Å². The molecule has 0 aromatic heterocycles. The molecule has 0 spiro atoms. The average molecular weight is 385 g/mol. The van der Waals surface area contributed by atoms with Crippen LogP contribution in [0.2, 0.25) is 0 Å². The molecular weight excluding hydrogens is 356 g/mol. The molecular formula is C21H29N4O3+. The standard InChI is InChI=1S/C21H28N4O3/c1-16-7-5-6-10-18(16)25-20(27)19(26)24(21(25)28)15-22-11-13-23(14-12-22)17-8-3-2-4-9-17/h2-4,8-9,16,18H,5-7,10-15H2,1H3/p+1/t16-,18+/m0/s1. The molecule has 0 unspecified atom stereocenters. The van der Waals surface area contributed by atoms with Gasteiger partial charge in [0.25, 0.3) is 0 Å². The van der Waals surface area contributed by atoms with Gasteiger partial charge in [0.1, 0.15) is 0 Å². The lowest BCUT2D eigenvalue weighted by molar-refractivity contribution is -0.907. The highest BCUT2D eigenvalue weighted by Gasteiger charge is 2.50. The maximum atomic E-state index is 12.9. The fourth-order valence-corrected chi connectivity index (χ4v) is 4.74. The van der Waals surface area contributed by atoms with E-state index in [0.717, 1.165) is 51.9 Å². The number of rotatable bonds is 4. The molecule has 3 aliphatic rings. The predicted octanol–water partition coefficient (Wildman–Crippen LogP) is 0.719. The van der Waals surface area contributed by atoms with Crippen LogP contribution in [0.15, 0.2) is 30.3 Å². The van der Waals surface area contributed by atoms with E-state index in [2.05, 4.69) is 24.0 Å². The van der Waals surface area contributed by atoms with Crippen LogP contribution in [-0.2, 0) is 9.59 Å². The van der Waals surface area contributed by atoms with Crippen molar-refractivity contribution in [2.45, 2.75) is 38.6 Å². The number of piperazine rings is 1. The minimum atomic E-state index is -0.652. The molecule has 1 N–H and O–H groups in total. The molecule has 7 nitrogen and oxygen atoms in total. The molecule has 2 heterocycles. The monoisotopic (exact) mass is 385 g/mol. The first-order valence-corrected chi connectivity index (χ1v) is 10.4. The van der Waals surface area contributed by atoms with Crippen LogP contribution in [-0.4, -0.2) is 66.5 Å². The zero-order chi connectivity index (χ0) is 19.7. The summed E-state index contributed by atoms with van der Waals surface area (Å²) in [7, 11) is 0. The van der Waals surface area contributed by atoms with Crippen LogP contribution in [0.5, 0.6) is 0 Å². The van der Waals surface area contributed by atoms with Crippen molar-refractivity contribution in [1.82, 2.24) is 9.80 Å². The minimum absolute atomic E-state index is 0.132. The van der Waals surface area contributed by atoms with Gasteiger partial charge < -0.3 is 9.80 Å². The average Bonchev–Trinajstić information content (AvgIpc) is 2.93. The fourth-order valence-electron chi connectivity index (χ4n) is 4.74. The summed E-state index contributed by atoms with van der Waals surface area (Å²) in [5, 5.41) is 0. The Morgan fingerprint density at radius 3 is 2.32 bits per heavy atom. The molecule has 3 fully saturated rings. The number of urea groups is 1. The van der Waals surface area contributed by atoms with E-state index in [1.54, 1.807) is 0 Å². The molecule has 2 atom stereocenters. The Bertz CT molecular complexity index is 745. The first-order chi connectivity index (χ1) is 13.6. The molecule has 1 aromatic rings. The topological polar surface area (TPSA) is 65.4 Å². The number of para-hydroxylation sites is 1. The number of carbonyl (C=O) groups excluding carboxylic acids is 3. The van der Waals surface area contributed by atoms with Gasteiger partial charge >= 0.3 is 17.8 Å². The summed E-state index contributed by atoms with van der Waals surface area (Å²) in [6, 6.07) is 9.72. The van der Waals surface area contributed by atoms with Crippen LogP contribution in [0.4, 0.5) is 10.5 Å². The van der Waals surface area contributed by atoms with Gasteiger partial charge in [-0.3, -0.25) is 14.5 Å². The summed E-state index contributed by atoms with van der Waals surface area (Å²) >= 11 is 0. The Morgan fingerprint density at radius 1 is 0.964 bits per heavy atom. The van der Waals surface area contributed by atoms with Crippen molar-refractivity contribution in [3.63, 3.8) is 0 Å². The Balaban J connectivity index is 1.38. The Labute approximate surface area is 165 Å². The Hall–Kier alpha value is -2.41. The third-order valence-electron chi connectivity index (χ3n) is 6.46. The number of nitrogens with one attached hydrogen (secondary N) is 1. The number of imide groups is 2. The van der Waals surface area contributed by atoms with E-state index < -0.39 is 17.8 Å². The third kappa shape index (κ3) is 3.51. The van der Waals surface area contributed by atoms with E-state index >= 15 is 0 Å². The van der Waals surface area contributed by atoms with Gasteiger partial charge in [-0.05, 0) is 30.9 Å². The van der Waals surface area contributed by atoms with Crippen LogP contribution in [0.25, 0.3) is 0 Å². The highest BCUT2D eigenvalue weighted by atomic mass is 16.2. The SMILES string of the molecule is C[C@H]1CCCC[C@H]1N1C(=O)C(=O)N(C[NH+]2CCN(c3ccccc3)CC2)C1=O. The van der Waals surface area contributed by atoms with Gasteiger partial charge in [-0.25, -0.2) is 9.69 Å². The zero-order valence-electron chi connectivity index (χ0n) is 16.5. The number of hydrogen-bond donors (Lipinski definition) is 1. The van der Waals surface area contributed by atoms with Gasteiger partial charge in [-0.2, -0.15) is 0 Å². The van der Waals surface area contributed by atoms with E-state index in [1.165, 1.54) is 20.4 Å². The molecule has 1 saturated carbocycles. The number of quaternary nitrogens is 1. The second-order valence-electron chi connectivity index (χ2n) is 8.25. The predicted molar refractivity (Wildman–Crippen MR) is 105 cm³/mol. The number of hydrogen-bond acceptors (Lipinski definition) is 4. The number of amides is 4. The van der Waals surface area contributed by atoms with E-state index in [0.29, 0.717) is 0 Å². The molecule has 28 heavy (non-hydrogen) atoms. The summed E-state index contributed by atoms with van der Waals surface area (Å²) in [5.41, 5.74) is 1.20. The molecule has 0 radical (unpaired) electrons. The van der Waals surface area contributed by atoms with E-state index in [9.17, 15) is 14.4 Å². The highest BCUT2D eigenvalue weighted by molar-refractivity contribution is 6.44. The second-order valence-corrected chi connectivity index (χ2v) is 8.25. The van der Waals surface area contributed by atoms with Crippen molar-refractivity contribution < 1.29 is 19.3 Å². The molecule has 2 aliphatic heterocycles. The maximum absolute atomic E-state index is 12.9. The second kappa shape index (κ2) is 7.91. The smallest absolute Gasteiger partial charge is 0.338 e. The van der Waals surface area contributed by atoms with Crippen molar-refractivity contribution in [2.75, 3.05) is 37.7 Å². The van der Waals surface area contributed by atoms with Crippen molar-refractivity contribution >= 4 is 23.5 Å². The lowest BCUT2D eigenvalue weighted by Crippen LogP contribution is -3.16. The molecule has 0 bridgehead atoms. The number of nitrogens with zero attached hydrogens (tertiary/aromatic N) is 3. The number of anilines is 1. The van der Waals surface area contributed by atoms with Crippen LogP contribution in [0.1, 0.15) is 32.6 Å². The Morgan fingerprint density at radius 2 is 1.64 bits per heavy atom. The fraction of sp³-hybridized carbons (Fsp3) is 0.571. The third-order valence-corrected chi connectivity index (χ3v) is 6.46. The highest BCUT2D eigenvalue weighted by Crippen LogP contribution is 2.30. The largest absolute Gasteiger partial charge is 0.360 e. The quantitative estimate of drug-likeness (QED) is 0.613. The molecule has 150 valence electrons. The molecule has 4 rings (SSSR count). The normalized spacial score (nSPS) is 27.0. The van der Waals surface area contributed by atoms with Gasteiger partial charge in [0.05, 0.1) is 26.2 Å². The van der Waals surface area contributed by atoms with E-state index in [1.807, 2.05) is 18.2 Å². The summed E-state index contributed by atoms with van der Waals surface area (Å²) in [6.45, 7) is 5.76. The summed E-state index contributed by atoms with van der Waals surface area (Å²) in [5.74, 6) is -1.03. The molecule has 4 amide bonds. The number of carbonyl (C=O) groups is 3. The summed E-state index contributed by atoms with van der Waals surface area (Å²) in [4.78, 5) is 43.9. The van der Waals surface area contributed by atoms with Crippen LogP contribution in [0, 0.1) is 5.92 Å². The Kier molecular flexibility index (Phi) is 5.35. The van der Waals surface area contributed by atoms with Crippen LogP contribution in [0.3, 0.4) is 0 Å². The lowest BCUT2D eigenvalue weighted by atomic mass is 9.85.